The molecule has 0 aliphatic rings. The van der Waals surface area contributed by atoms with Gasteiger partial charge in [-0.25, -0.2) is 13.2 Å². The van der Waals surface area contributed by atoms with E-state index in [0.29, 0.717) is 0 Å². The molecule has 0 heterocycles. The second kappa shape index (κ2) is 5.63. The second-order valence-corrected chi connectivity index (χ2v) is 4.57. The lowest BCUT2D eigenvalue weighted by molar-refractivity contribution is 0.178. The first-order chi connectivity index (χ1) is 8.95. The van der Waals surface area contributed by atoms with Gasteiger partial charge in [0.25, 0.3) is 0 Å². The minimum Gasteiger partial charge on any atom is -0.388 e. The van der Waals surface area contributed by atoms with Gasteiger partial charge in [0, 0.05) is 23.1 Å². The third kappa shape index (κ3) is 3.49. The SMILES string of the molecule is OC(Cc1cc(F)cc(F)c1)c1cc(F)ccc1Cl. The summed E-state index contributed by atoms with van der Waals surface area (Å²) < 4.78 is 39.1. The molecule has 5 heteroatoms. The van der Waals surface area contributed by atoms with E-state index in [-0.39, 0.29) is 22.6 Å². The lowest BCUT2D eigenvalue weighted by atomic mass is 10.0. The molecular formula is C14H10ClF3O. The maximum atomic E-state index is 13.1. The number of benzene rings is 2. The summed E-state index contributed by atoms with van der Waals surface area (Å²) in [5, 5.41) is 10.2. The fourth-order valence-electron chi connectivity index (χ4n) is 1.83. The Balaban J connectivity index is 2.25. The van der Waals surface area contributed by atoms with E-state index in [0.717, 1.165) is 24.3 Å². The molecule has 2 aromatic rings. The minimum atomic E-state index is -1.13. The highest BCUT2D eigenvalue weighted by Crippen LogP contribution is 2.27. The van der Waals surface area contributed by atoms with Crippen molar-refractivity contribution in [3.8, 4) is 0 Å². The van der Waals surface area contributed by atoms with Crippen LogP contribution in [0, 0.1) is 17.5 Å². The van der Waals surface area contributed by atoms with Crippen LogP contribution in [0.4, 0.5) is 13.2 Å². The normalized spacial score (nSPS) is 12.5. The maximum absolute atomic E-state index is 13.1. The standard InChI is InChI=1S/C14H10ClF3O/c15-13-2-1-9(16)7-12(13)14(19)5-8-3-10(17)6-11(18)4-8/h1-4,6-7,14,19H,5H2. The number of halogens is 4. The molecule has 0 aromatic heterocycles. The van der Waals surface area contributed by atoms with Gasteiger partial charge in [-0.1, -0.05) is 11.6 Å². The third-order valence-electron chi connectivity index (χ3n) is 2.67. The predicted octanol–water partition coefficient (Wildman–Crippen LogP) is 4.03. The molecule has 0 saturated heterocycles. The lowest BCUT2D eigenvalue weighted by Crippen LogP contribution is -2.04. The van der Waals surface area contributed by atoms with Crippen molar-refractivity contribution in [3.05, 3.63) is 70.0 Å². The van der Waals surface area contributed by atoms with Gasteiger partial charge >= 0.3 is 0 Å². The van der Waals surface area contributed by atoms with E-state index in [9.17, 15) is 18.3 Å². The largest absolute Gasteiger partial charge is 0.388 e. The first kappa shape index (κ1) is 13.9. The van der Waals surface area contributed by atoms with Crippen molar-refractivity contribution in [2.45, 2.75) is 12.5 Å². The van der Waals surface area contributed by atoms with Gasteiger partial charge in [0.1, 0.15) is 17.5 Å². The average Bonchev–Trinajstić information content (AvgIpc) is 2.30. The lowest BCUT2D eigenvalue weighted by Gasteiger charge is -2.13. The van der Waals surface area contributed by atoms with Gasteiger partial charge in [0.2, 0.25) is 0 Å². The molecule has 0 saturated carbocycles. The maximum Gasteiger partial charge on any atom is 0.126 e. The highest BCUT2D eigenvalue weighted by atomic mass is 35.5. The summed E-state index contributed by atoms with van der Waals surface area (Å²) in [7, 11) is 0. The number of hydrogen-bond acceptors (Lipinski definition) is 1. The van der Waals surface area contributed by atoms with Gasteiger partial charge < -0.3 is 5.11 Å². The van der Waals surface area contributed by atoms with E-state index in [4.69, 9.17) is 11.6 Å². The monoisotopic (exact) mass is 286 g/mol. The van der Waals surface area contributed by atoms with Gasteiger partial charge in [-0.3, -0.25) is 0 Å². The van der Waals surface area contributed by atoms with E-state index in [1.807, 2.05) is 0 Å². The Morgan fingerprint density at radius 1 is 0.947 bits per heavy atom. The minimum absolute atomic E-state index is 0.0577. The molecule has 0 fully saturated rings. The topological polar surface area (TPSA) is 20.2 Å². The Labute approximate surface area is 113 Å². The highest BCUT2D eigenvalue weighted by Gasteiger charge is 2.14. The third-order valence-corrected chi connectivity index (χ3v) is 3.01. The van der Waals surface area contributed by atoms with Crippen LogP contribution in [0.1, 0.15) is 17.2 Å². The molecule has 0 spiro atoms. The van der Waals surface area contributed by atoms with Crippen molar-refractivity contribution in [1.82, 2.24) is 0 Å². The Kier molecular flexibility index (Phi) is 4.12. The zero-order chi connectivity index (χ0) is 14.0. The second-order valence-electron chi connectivity index (χ2n) is 4.16. The van der Waals surface area contributed by atoms with Crippen LogP contribution in [0.2, 0.25) is 5.02 Å². The average molecular weight is 287 g/mol. The van der Waals surface area contributed by atoms with Crippen molar-refractivity contribution in [3.63, 3.8) is 0 Å². The van der Waals surface area contributed by atoms with E-state index < -0.39 is 23.6 Å². The molecule has 100 valence electrons. The molecule has 0 radical (unpaired) electrons. The fourth-order valence-corrected chi connectivity index (χ4v) is 2.08. The summed E-state index contributed by atoms with van der Waals surface area (Å²) in [5.41, 5.74) is 0.455. The molecule has 0 aliphatic heterocycles. The summed E-state index contributed by atoms with van der Waals surface area (Å²) in [6.07, 6.45) is -1.19. The van der Waals surface area contributed by atoms with Crippen molar-refractivity contribution in [2.75, 3.05) is 0 Å². The van der Waals surface area contributed by atoms with E-state index >= 15 is 0 Å². The zero-order valence-corrected chi connectivity index (χ0v) is 10.5. The molecule has 19 heavy (non-hydrogen) atoms. The molecule has 2 aromatic carbocycles. The summed E-state index contributed by atoms with van der Waals surface area (Å²) in [6.45, 7) is 0. The van der Waals surface area contributed by atoms with Crippen LogP contribution in [0.15, 0.2) is 36.4 Å². The number of hydrogen-bond donors (Lipinski definition) is 1. The Bertz CT molecular complexity index is 581. The molecule has 0 aliphatic carbocycles. The molecular weight excluding hydrogens is 277 g/mol. The van der Waals surface area contributed by atoms with Gasteiger partial charge in [-0.2, -0.15) is 0 Å². The quantitative estimate of drug-likeness (QED) is 0.903. The van der Waals surface area contributed by atoms with Crippen LogP contribution >= 0.6 is 11.6 Å². The van der Waals surface area contributed by atoms with Crippen LogP contribution in [-0.4, -0.2) is 5.11 Å². The molecule has 1 unspecified atom stereocenters. The van der Waals surface area contributed by atoms with Crippen LogP contribution in [0.5, 0.6) is 0 Å². The smallest absolute Gasteiger partial charge is 0.126 e. The fraction of sp³-hybridized carbons (Fsp3) is 0.143. The summed E-state index contributed by atoms with van der Waals surface area (Å²) >= 11 is 5.85. The highest BCUT2D eigenvalue weighted by molar-refractivity contribution is 6.31. The van der Waals surface area contributed by atoms with E-state index in [1.54, 1.807) is 0 Å². The molecule has 1 nitrogen and oxygen atoms in total. The molecule has 1 N–H and O–H groups in total. The van der Waals surface area contributed by atoms with Crippen LogP contribution in [0.3, 0.4) is 0 Å². The first-order valence-electron chi connectivity index (χ1n) is 5.53. The summed E-state index contributed by atoms with van der Waals surface area (Å²) in [5.74, 6) is -2.00. The summed E-state index contributed by atoms with van der Waals surface area (Å²) in [4.78, 5) is 0. The van der Waals surface area contributed by atoms with Crippen LogP contribution < -0.4 is 0 Å². The number of aliphatic hydroxyl groups excluding tert-OH is 1. The van der Waals surface area contributed by atoms with Gasteiger partial charge in [0.05, 0.1) is 6.10 Å². The zero-order valence-electron chi connectivity index (χ0n) is 9.71. The summed E-state index contributed by atoms with van der Waals surface area (Å²) in [6, 6.07) is 6.55. The van der Waals surface area contributed by atoms with E-state index in [1.165, 1.54) is 12.1 Å². The van der Waals surface area contributed by atoms with Gasteiger partial charge in [0.15, 0.2) is 0 Å². The Hall–Kier alpha value is -1.52. The molecule has 0 amide bonds. The van der Waals surface area contributed by atoms with Gasteiger partial charge in [-0.15, -0.1) is 0 Å². The van der Waals surface area contributed by atoms with Crippen molar-refractivity contribution < 1.29 is 18.3 Å². The Morgan fingerprint density at radius 2 is 1.58 bits per heavy atom. The van der Waals surface area contributed by atoms with Gasteiger partial charge in [-0.05, 0) is 35.9 Å². The van der Waals surface area contributed by atoms with Crippen LogP contribution in [-0.2, 0) is 6.42 Å². The molecule has 0 bridgehead atoms. The molecule has 1 atom stereocenters. The number of aliphatic hydroxyl groups is 1. The van der Waals surface area contributed by atoms with E-state index in [2.05, 4.69) is 0 Å². The molecule has 2 rings (SSSR count). The van der Waals surface area contributed by atoms with Crippen molar-refractivity contribution >= 4 is 11.6 Å². The van der Waals surface area contributed by atoms with Crippen molar-refractivity contribution in [1.29, 1.82) is 0 Å². The number of rotatable bonds is 3. The Morgan fingerprint density at radius 3 is 2.21 bits per heavy atom. The predicted molar refractivity (Wildman–Crippen MR) is 66.4 cm³/mol. The van der Waals surface area contributed by atoms with Crippen molar-refractivity contribution in [2.24, 2.45) is 0 Å². The first-order valence-corrected chi connectivity index (χ1v) is 5.91. The van der Waals surface area contributed by atoms with Crippen LogP contribution in [0.25, 0.3) is 0 Å².